The van der Waals surface area contributed by atoms with Gasteiger partial charge in [-0.1, -0.05) is 0 Å². The number of anilines is 1. The Balaban J connectivity index is 1.81. The number of ether oxygens (including phenoxy) is 1. The lowest BCUT2D eigenvalue weighted by Gasteiger charge is -2.34. The van der Waals surface area contributed by atoms with Crippen LogP contribution in [0.3, 0.4) is 0 Å². The van der Waals surface area contributed by atoms with Crippen LogP contribution in [0, 0.1) is 5.82 Å². The maximum atomic E-state index is 13.2. The summed E-state index contributed by atoms with van der Waals surface area (Å²) in [6, 6.07) is 11.6. The number of carbonyl (C=O) groups excluding carboxylic acids is 1. The predicted molar refractivity (Wildman–Crippen MR) is 109 cm³/mol. The van der Waals surface area contributed by atoms with Gasteiger partial charge in [0, 0.05) is 30.9 Å². The Kier molecular flexibility index (Phi) is 6.36. The molecule has 2 unspecified atom stereocenters. The molecule has 156 valence electrons. The van der Waals surface area contributed by atoms with E-state index in [1.807, 2.05) is 20.8 Å². The van der Waals surface area contributed by atoms with Crippen LogP contribution in [-0.4, -0.2) is 50.5 Å². The molecule has 3 rings (SSSR count). The van der Waals surface area contributed by atoms with Crippen molar-refractivity contribution in [2.24, 2.45) is 0 Å². The number of halogens is 1. The first-order valence-electron chi connectivity index (χ1n) is 9.55. The number of sulfonamides is 1. The van der Waals surface area contributed by atoms with Crippen molar-refractivity contribution in [2.75, 3.05) is 24.5 Å². The standard InChI is InChI=1S/C21H25FN2O4S/c1-4-24(19-9-7-18(22)8-10-19)21(25)17-5-11-20(12-6-17)29(26,27)23-13-15(2)28-16(3)14-23/h5-12,15-16H,4,13-14H2,1-3H3. The SMILES string of the molecule is CCN(C(=O)c1ccc(S(=O)(=O)N2CC(C)OC(C)C2)cc1)c1ccc(F)cc1. The zero-order chi connectivity index (χ0) is 21.2. The fourth-order valence-corrected chi connectivity index (χ4v) is 5.06. The van der Waals surface area contributed by atoms with E-state index in [0.717, 1.165) is 0 Å². The van der Waals surface area contributed by atoms with Gasteiger partial charge in [0.15, 0.2) is 0 Å². The van der Waals surface area contributed by atoms with Gasteiger partial charge < -0.3 is 9.64 Å². The van der Waals surface area contributed by atoms with Crippen LogP contribution in [0.4, 0.5) is 10.1 Å². The summed E-state index contributed by atoms with van der Waals surface area (Å²) in [5.74, 6) is -0.657. The lowest BCUT2D eigenvalue weighted by molar-refractivity contribution is -0.0440. The van der Waals surface area contributed by atoms with Crippen molar-refractivity contribution in [3.05, 3.63) is 59.9 Å². The molecule has 1 heterocycles. The monoisotopic (exact) mass is 420 g/mol. The fourth-order valence-electron chi connectivity index (χ4n) is 3.47. The quantitative estimate of drug-likeness (QED) is 0.745. The van der Waals surface area contributed by atoms with Crippen molar-refractivity contribution in [2.45, 2.75) is 37.9 Å². The number of amides is 1. The van der Waals surface area contributed by atoms with Gasteiger partial charge in [0.1, 0.15) is 5.82 Å². The number of morpholine rings is 1. The highest BCUT2D eigenvalue weighted by atomic mass is 32.2. The highest BCUT2D eigenvalue weighted by molar-refractivity contribution is 7.89. The Morgan fingerprint density at radius 3 is 2.14 bits per heavy atom. The average Bonchev–Trinajstić information content (AvgIpc) is 2.69. The first-order chi connectivity index (χ1) is 13.7. The molecule has 0 spiro atoms. The van der Waals surface area contributed by atoms with Crippen LogP contribution in [0.1, 0.15) is 31.1 Å². The highest BCUT2D eigenvalue weighted by Gasteiger charge is 2.32. The van der Waals surface area contributed by atoms with Crippen LogP contribution in [0.15, 0.2) is 53.4 Å². The Bertz CT molecular complexity index is 951. The Morgan fingerprint density at radius 2 is 1.62 bits per heavy atom. The van der Waals surface area contributed by atoms with E-state index in [1.54, 1.807) is 0 Å². The maximum absolute atomic E-state index is 13.2. The minimum absolute atomic E-state index is 0.139. The van der Waals surface area contributed by atoms with E-state index in [9.17, 15) is 17.6 Å². The van der Waals surface area contributed by atoms with Crippen molar-refractivity contribution in [1.29, 1.82) is 0 Å². The van der Waals surface area contributed by atoms with Gasteiger partial charge in [-0.3, -0.25) is 4.79 Å². The third-order valence-corrected chi connectivity index (χ3v) is 6.67. The van der Waals surface area contributed by atoms with Gasteiger partial charge in [-0.15, -0.1) is 0 Å². The van der Waals surface area contributed by atoms with E-state index in [0.29, 0.717) is 30.9 Å². The number of benzene rings is 2. The van der Waals surface area contributed by atoms with Crippen molar-refractivity contribution in [1.82, 2.24) is 4.31 Å². The van der Waals surface area contributed by atoms with Crippen LogP contribution in [0.25, 0.3) is 0 Å². The van der Waals surface area contributed by atoms with Crippen LogP contribution in [-0.2, 0) is 14.8 Å². The molecule has 29 heavy (non-hydrogen) atoms. The molecule has 2 aromatic carbocycles. The van der Waals surface area contributed by atoms with Gasteiger partial charge in [0.05, 0.1) is 17.1 Å². The van der Waals surface area contributed by atoms with E-state index >= 15 is 0 Å². The molecular formula is C21H25FN2O4S. The summed E-state index contributed by atoms with van der Waals surface area (Å²) in [5, 5.41) is 0. The van der Waals surface area contributed by atoms with Crippen LogP contribution >= 0.6 is 0 Å². The number of hydrogen-bond acceptors (Lipinski definition) is 4. The van der Waals surface area contributed by atoms with Gasteiger partial charge >= 0.3 is 0 Å². The molecular weight excluding hydrogens is 395 g/mol. The minimum Gasteiger partial charge on any atom is -0.373 e. The maximum Gasteiger partial charge on any atom is 0.258 e. The number of carbonyl (C=O) groups is 1. The normalized spacial score (nSPS) is 20.4. The van der Waals surface area contributed by atoms with Crippen LogP contribution in [0.2, 0.25) is 0 Å². The summed E-state index contributed by atoms with van der Waals surface area (Å²) in [5.41, 5.74) is 0.936. The zero-order valence-electron chi connectivity index (χ0n) is 16.7. The fraction of sp³-hybridized carbons (Fsp3) is 0.381. The van der Waals surface area contributed by atoms with Crippen molar-refractivity contribution in [3.63, 3.8) is 0 Å². The summed E-state index contributed by atoms with van der Waals surface area (Å²) in [4.78, 5) is 14.5. The molecule has 1 saturated heterocycles. The molecule has 0 N–H and O–H groups in total. The van der Waals surface area contributed by atoms with E-state index in [-0.39, 0.29) is 28.8 Å². The van der Waals surface area contributed by atoms with E-state index in [4.69, 9.17) is 4.74 Å². The van der Waals surface area contributed by atoms with Crippen molar-refractivity contribution < 1.29 is 22.3 Å². The molecule has 6 nitrogen and oxygen atoms in total. The molecule has 1 fully saturated rings. The number of nitrogens with zero attached hydrogens (tertiary/aromatic N) is 2. The van der Waals surface area contributed by atoms with Gasteiger partial charge in [0.2, 0.25) is 10.0 Å². The first-order valence-corrected chi connectivity index (χ1v) is 11.0. The van der Waals surface area contributed by atoms with Gasteiger partial charge in [-0.05, 0) is 69.3 Å². The summed E-state index contributed by atoms with van der Waals surface area (Å²) in [6.07, 6.45) is -0.355. The average molecular weight is 421 g/mol. The molecule has 2 atom stereocenters. The molecule has 0 radical (unpaired) electrons. The summed E-state index contributed by atoms with van der Waals surface area (Å²) in [6.45, 7) is 6.49. The molecule has 0 aromatic heterocycles. The number of rotatable bonds is 5. The molecule has 0 aliphatic carbocycles. The molecule has 1 aliphatic rings. The lowest BCUT2D eigenvalue weighted by atomic mass is 10.2. The Labute approximate surface area is 170 Å². The molecule has 1 amide bonds. The van der Waals surface area contributed by atoms with E-state index in [1.165, 1.54) is 57.7 Å². The summed E-state index contributed by atoms with van der Waals surface area (Å²) >= 11 is 0. The molecule has 0 saturated carbocycles. The minimum atomic E-state index is -3.67. The van der Waals surface area contributed by atoms with Crippen LogP contribution < -0.4 is 4.90 Å². The third-order valence-electron chi connectivity index (χ3n) is 4.82. The van der Waals surface area contributed by atoms with Gasteiger partial charge in [-0.2, -0.15) is 4.31 Å². The van der Waals surface area contributed by atoms with E-state index in [2.05, 4.69) is 0 Å². The Morgan fingerprint density at radius 1 is 1.07 bits per heavy atom. The second-order valence-electron chi connectivity index (χ2n) is 7.13. The topological polar surface area (TPSA) is 66.9 Å². The molecule has 2 aromatic rings. The lowest BCUT2D eigenvalue weighted by Crippen LogP contribution is -2.48. The second kappa shape index (κ2) is 8.61. The summed E-state index contributed by atoms with van der Waals surface area (Å²) < 4.78 is 46.1. The van der Waals surface area contributed by atoms with Crippen molar-refractivity contribution >= 4 is 21.6 Å². The summed E-state index contributed by atoms with van der Waals surface area (Å²) in [7, 11) is -3.67. The Hall–Kier alpha value is -2.29. The van der Waals surface area contributed by atoms with E-state index < -0.39 is 10.0 Å². The van der Waals surface area contributed by atoms with Gasteiger partial charge in [0.25, 0.3) is 5.91 Å². The van der Waals surface area contributed by atoms with Gasteiger partial charge in [-0.25, -0.2) is 12.8 Å². The predicted octanol–water partition coefficient (Wildman–Crippen LogP) is 3.29. The smallest absolute Gasteiger partial charge is 0.258 e. The zero-order valence-corrected chi connectivity index (χ0v) is 17.5. The van der Waals surface area contributed by atoms with Crippen LogP contribution in [0.5, 0.6) is 0 Å². The first kappa shape index (κ1) is 21.4. The largest absolute Gasteiger partial charge is 0.373 e. The third kappa shape index (κ3) is 4.66. The highest BCUT2D eigenvalue weighted by Crippen LogP contribution is 2.23. The van der Waals surface area contributed by atoms with Crippen molar-refractivity contribution in [3.8, 4) is 0 Å². The molecule has 8 heteroatoms. The molecule has 1 aliphatic heterocycles. The molecule has 0 bridgehead atoms. The second-order valence-corrected chi connectivity index (χ2v) is 9.07. The number of hydrogen-bond donors (Lipinski definition) is 0.